The predicted octanol–water partition coefficient (Wildman–Crippen LogP) is 2.26. The van der Waals surface area contributed by atoms with Crippen molar-refractivity contribution in [3.63, 3.8) is 0 Å². The standard InChI is InChI=1S/C14H19NO3.ClH/c1-15(2)9-10-6-7-18-13-8-11(17-3)4-5-12(13)14(10)16;/h4-5,8,10H,6-7,9H2,1-3H3;1H. The third-order valence-corrected chi connectivity index (χ3v) is 3.13. The predicted molar refractivity (Wildman–Crippen MR) is 76.7 cm³/mol. The number of fused-ring (bicyclic) bond motifs is 1. The summed E-state index contributed by atoms with van der Waals surface area (Å²) >= 11 is 0. The van der Waals surface area contributed by atoms with E-state index in [1.54, 1.807) is 25.3 Å². The molecule has 1 aliphatic rings. The van der Waals surface area contributed by atoms with Gasteiger partial charge >= 0.3 is 0 Å². The molecule has 0 N–H and O–H groups in total. The van der Waals surface area contributed by atoms with E-state index in [9.17, 15) is 4.79 Å². The molecule has 1 aromatic rings. The number of ether oxygens (including phenoxy) is 2. The molecule has 0 fully saturated rings. The minimum atomic E-state index is 0. The minimum absolute atomic E-state index is 0. The Kier molecular flexibility index (Phi) is 5.63. The fraction of sp³-hybridized carbons (Fsp3) is 0.500. The maximum atomic E-state index is 12.4. The number of carbonyl (C=O) groups is 1. The highest BCUT2D eigenvalue weighted by atomic mass is 35.5. The number of nitrogens with zero attached hydrogens (tertiary/aromatic N) is 1. The lowest BCUT2D eigenvalue weighted by Gasteiger charge is -2.17. The van der Waals surface area contributed by atoms with Crippen LogP contribution in [0.25, 0.3) is 0 Å². The van der Waals surface area contributed by atoms with E-state index in [1.807, 2.05) is 19.0 Å². The number of ketones is 1. The maximum Gasteiger partial charge on any atom is 0.171 e. The molecular formula is C14H20ClNO3. The second-order valence-electron chi connectivity index (χ2n) is 4.82. The third-order valence-electron chi connectivity index (χ3n) is 3.13. The smallest absolute Gasteiger partial charge is 0.171 e. The normalized spacial score (nSPS) is 18.1. The van der Waals surface area contributed by atoms with Crippen LogP contribution in [0.15, 0.2) is 18.2 Å². The van der Waals surface area contributed by atoms with Crippen LogP contribution in [0.4, 0.5) is 0 Å². The first-order valence-electron chi connectivity index (χ1n) is 6.11. The molecule has 0 aromatic heterocycles. The highest BCUT2D eigenvalue weighted by Gasteiger charge is 2.27. The van der Waals surface area contributed by atoms with Crippen LogP contribution in [0.5, 0.6) is 11.5 Å². The van der Waals surface area contributed by atoms with Gasteiger partial charge in [0.1, 0.15) is 11.5 Å². The van der Waals surface area contributed by atoms with Gasteiger partial charge in [0.2, 0.25) is 0 Å². The minimum Gasteiger partial charge on any atom is -0.497 e. The van der Waals surface area contributed by atoms with E-state index >= 15 is 0 Å². The highest BCUT2D eigenvalue weighted by Crippen LogP contribution is 2.30. The fourth-order valence-electron chi connectivity index (χ4n) is 2.23. The topological polar surface area (TPSA) is 38.8 Å². The quantitative estimate of drug-likeness (QED) is 0.854. The summed E-state index contributed by atoms with van der Waals surface area (Å²) in [5, 5.41) is 0. The van der Waals surface area contributed by atoms with Gasteiger partial charge < -0.3 is 14.4 Å². The number of halogens is 1. The Morgan fingerprint density at radius 3 is 2.79 bits per heavy atom. The molecule has 0 radical (unpaired) electrons. The van der Waals surface area contributed by atoms with E-state index in [4.69, 9.17) is 9.47 Å². The van der Waals surface area contributed by atoms with E-state index < -0.39 is 0 Å². The molecule has 0 aliphatic carbocycles. The first-order valence-corrected chi connectivity index (χ1v) is 6.11. The Morgan fingerprint density at radius 1 is 1.42 bits per heavy atom. The van der Waals surface area contributed by atoms with Crippen molar-refractivity contribution in [3.8, 4) is 11.5 Å². The molecule has 0 saturated heterocycles. The molecule has 1 aromatic carbocycles. The fourth-order valence-corrected chi connectivity index (χ4v) is 2.23. The molecule has 1 aliphatic heterocycles. The lowest BCUT2D eigenvalue weighted by Crippen LogP contribution is -2.27. The Labute approximate surface area is 120 Å². The van der Waals surface area contributed by atoms with Crippen LogP contribution in [-0.2, 0) is 0 Å². The first-order chi connectivity index (χ1) is 8.61. The second-order valence-corrected chi connectivity index (χ2v) is 4.82. The molecule has 1 atom stereocenters. The summed E-state index contributed by atoms with van der Waals surface area (Å²) in [5.74, 6) is 1.53. The van der Waals surface area contributed by atoms with Crippen molar-refractivity contribution in [1.82, 2.24) is 4.90 Å². The third kappa shape index (κ3) is 3.61. The first kappa shape index (κ1) is 15.8. The van der Waals surface area contributed by atoms with Crippen molar-refractivity contribution in [1.29, 1.82) is 0 Å². The van der Waals surface area contributed by atoms with Crippen LogP contribution in [-0.4, -0.2) is 45.0 Å². The lowest BCUT2D eigenvalue weighted by molar-refractivity contribution is 0.0891. The molecule has 19 heavy (non-hydrogen) atoms. The number of Topliss-reactive ketones (excluding diaryl/α,β-unsaturated/α-hetero) is 1. The van der Waals surface area contributed by atoms with Crippen molar-refractivity contribution in [3.05, 3.63) is 23.8 Å². The molecule has 4 nitrogen and oxygen atoms in total. The molecule has 106 valence electrons. The summed E-state index contributed by atoms with van der Waals surface area (Å²) in [6, 6.07) is 5.38. The van der Waals surface area contributed by atoms with Crippen LogP contribution in [0.1, 0.15) is 16.8 Å². The van der Waals surface area contributed by atoms with Crippen LogP contribution in [0.3, 0.4) is 0 Å². The molecule has 2 rings (SSSR count). The van der Waals surface area contributed by atoms with Crippen molar-refractivity contribution < 1.29 is 14.3 Å². The van der Waals surface area contributed by atoms with Gasteiger partial charge in [0.15, 0.2) is 5.78 Å². The van der Waals surface area contributed by atoms with Gasteiger partial charge in [-0.3, -0.25) is 4.79 Å². The van der Waals surface area contributed by atoms with Crippen LogP contribution < -0.4 is 9.47 Å². The highest BCUT2D eigenvalue weighted by molar-refractivity contribution is 6.00. The van der Waals surface area contributed by atoms with Crippen molar-refractivity contribution in [2.75, 3.05) is 34.4 Å². The van der Waals surface area contributed by atoms with Gasteiger partial charge in [-0.15, -0.1) is 12.4 Å². The molecular weight excluding hydrogens is 266 g/mol. The Bertz CT molecular complexity index is 448. The zero-order valence-electron chi connectivity index (χ0n) is 11.5. The molecule has 1 heterocycles. The van der Waals surface area contributed by atoms with E-state index in [0.29, 0.717) is 23.7 Å². The van der Waals surface area contributed by atoms with Gasteiger partial charge in [-0.25, -0.2) is 0 Å². The van der Waals surface area contributed by atoms with Crippen LogP contribution in [0.2, 0.25) is 0 Å². The van der Waals surface area contributed by atoms with Crippen LogP contribution in [0, 0.1) is 5.92 Å². The van der Waals surface area contributed by atoms with Gasteiger partial charge in [-0.1, -0.05) is 0 Å². The summed E-state index contributed by atoms with van der Waals surface area (Å²) < 4.78 is 10.8. The Hall–Kier alpha value is -1.26. The summed E-state index contributed by atoms with van der Waals surface area (Å²) in [7, 11) is 5.57. The van der Waals surface area contributed by atoms with Crippen molar-refractivity contribution in [2.45, 2.75) is 6.42 Å². The van der Waals surface area contributed by atoms with Gasteiger partial charge in [0, 0.05) is 18.5 Å². The monoisotopic (exact) mass is 285 g/mol. The van der Waals surface area contributed by atoms with Crippen molar-refractivity contribution in [2.24, 2.45) is 5.92 Å². The van der Waals surface area contributed by atoms with Gasteiger partial charge in [-0.2, -0.15) is 0 Å². The summed E-state index contributed by atoms with van der Waals surface area (Å²) in [6.07, 6.45) is 0.758. The Morgan fingerprint density at radius 2 is 2.16 bits per heavy atom. The second kappa shape index (κ2) is 6.78. The molecule has 0 saturated carbocycles. The summed E-state index contributed by atoms with van der Waals surface area (Å²) in [4.78, 5) is 14.5. The SMILES string of the molecule is COc1ccc2c(c1)OCCC(CN(C)C)C2=O.Cl. The number of carbonyl (C=O) groups excluding carboxylic acids is 1. The zero-order valence-corrected chi connectivity index (χ0v) is 12.3. The number of benzene rings is 1. The number of rotatable bonds is 3. The maximum absolute atomic E-state index is 12.4. The Balaban J connectivity index is 0.00000180. The summed E-state index contributed by atoms with van der Waals surface area (Å²) in [5.41, 5.74) is 0.667. The summed E-state index contributed by atoms with van der Waals surface area (Å²) in [6.45, 7) is 1.33. The largest absolute Gasteiger partial charge is 0.497 e. The molecule has 0 spiro atoms. The molecule has 1 unspecified atom stereocenters. The van der Waals surface area contributed by atoms with E-state index in [-0.39, 0.29) is 24.1 Å². The van der Waals surface area contributed by atoms with E-state index in [0.717, 1.165) is 13.0 Å². The van der Waals surface area contributed by atoms with Gasteiger partial charge in [0.05, 0.1) is 19.3 Å². The zero-order chi connectivity index (χ0) is 13.1. The average Bonchev–Trinajstić information content (AvgIpc) is 2.49. The number of methoxy groups -OCH3 is 1. The lowest BCUT2D eigenvalue weighted by atomic mass is 9.95. The van der Waals surface area contributed by atoms with E-state index in [2.05, 4.69) is 0 Å². The number of hydrogen-bond donors (Lipinski definition) is 0. The van der Waals surface area contributed by atoms with Crippen LogP contribution >= 0.6 is 12.4 Å². The van der Waals surface area contributed by atoms with Gasteiger partial charge in [-0.05, 0) is 32.6 Å². The van der Waals surface area contributed by atoms with E-state index in [1.165, 1.54) is 0 Å². The molecule has 5 heteroatoms. The molecule has 0 amide bonds. The average molecular weight is 286 g/mol. The molecule has 0 bridgehead atoms. The number of hydrogen-bond acceptors (Lipinski definition) is 4. The van der Waals surface area contributed by atoms with Crippen molar-refractivity contribution >= 4 is 18.2 Å². The van der Waals surface area contributed by atoms with Gasteiger partial charge in [0.25, 0.3) is 0 Å².